The molecule has 86 valence electrons. The summed E-state index contributed by atoms with van der Waals surface area (Å²) in [6.07, 6.45) is 0. The van der Waals surface area contributed by atoms with Crippen LogP contribution in [-0.4, -0.2) is 30.0 Å². The molecule has 0 saturated carbocycles. The third kappa shape index (κ3) is 10.5. The van der Waals surface area contributed by atoms with Gasteiger partial charge in [-0.1, -0.05) is 30.3 Å². The monoisotopic (exact) mass is 236 g/mol. The van der Waals surface area contributed by atoms with Crippen molar-refractivity contribution >= 4 is 16.6 Å². The molecule has 0 aromatic heterocycles. The standard InChI is InChI=1S/C7H8O3S.CH2O2.H2O/c8-11(9,10)6-7-4-2-1-3-5-7;2-1-3;/h1-5H,6H2,(H,8,9,10);1H,(H,2,3);1H2. The fraction of sp³-hybridized carbons (Fsp3) is 0.125. The van der Waals surface area contributed by atoms with Gasteiger partial charge in [0.2, 0.25) is 0 Å². The summed E-state index contributed by atoms with van der Waals surface area (Å²) in [5.41, 5.74) is 0.593. The molecule has 4 N–H and O–H groups in total. The van der Waals surface area contributed by atoms with E-state index in [2.05, 4.69) is 0 Å². The second-order valence-electron chi connectivity index (χ2n) is 2.32. The van der Waals surface area contributed by atoms with Crippen molar-refractivity contribution in [1.82, 2.24) is 0 Å². The molecule has 6 nitrogen and oxygen atoms in total. The van der Waals surface area contributed by atoms with E-state index in [1.807, 2.05) is 0 Å². The fourth-order valence-electron chi connectivity index (χ4n) is 0.785. The van der Waals surface area contributed by atoms with Crippen molar-refractivity contribution in [3.05, 3.63) is 35.9 Å². The zero-order valence-corrected chi connectivity index (χ0v) is 8.52. The molecule has 1 aromatic carbocycles. The van der Waals surface area contributed by atoms with Crippen LogP contribution < -0.4 is 0 Å². The van der Waals surface area contributed by atoms with Crippen LogP contribution in [0, 0.1) is 0 Å². The first-order valence-corrected chi connectivity index (χ1v) is 5.17. The van der Waals surface area contributed by atoms with E-state index in [0.717, 1.165) is 0 Å². The van der Waals surface area contributed by atoms with E-state index in [1.54, 1.807) is 30.3 Å². The van der Waals surface area contributed by atoms with Crippen LogP contribution in [0.3, 0.4) is 0 Å². The molecule has 0 aliphatic heterocycles. The molecule has 0 heterocycles. The van der Waals surface area contributed by atoms with Crippen molar-refractivity contribution in [3.63, 3.8) is 0 Å². The van der Waals surface area contributed by atoms with Gasteiger partial charge in [-0.25, -0.2) is 0 Å². The normalized spacial score (nSPS) is 9.13. The summed E-state index contributed by atoms with van der Waals surface area (Å²) >= 11 is 0. The molecule has 1 aromatic rings. The Morgan fingerprint density at radius 1 is 1.20 bits per heavy atom. The van der Waals surface area contributed by atoms with Crippen LogP contribution in [0.1, 0.15) is 5.56 Å². The maximum atomic E-state index is 10.4. The number of hydrogen-bond acceptors (Lipinski definition) is 3. The van der Waals surface area contributed by atoms with Gasteiger partial charge in [-0.2, -0.15) is 8.42 Å². The SMILES string of the molecule is O.O=CO.O=S(=O)(O)Cc1ccccc1. The largest absolute Gasteiger partial charge is 0.483 e. The minimum Gasteiger partial charge on any atom is -0.483 e. The van der Waals surface area contributed by atoms with Gasteiger partial charge in [-0.15, -0.1) is 0 Å². The number of benzene rings is 1. The predicted molar refractivity (Wildman–Crippen MR) is 54.0 cm³/mol. The average molecular weight is 236 g/mol. The molecule has 0 aliphatic carbocycles. The van der Waals surface area contributed by atoms with Gasteiger partial charge in [0.25, 0.3) is 16.6 Å². The van der Waals surface area contributed by atoms with Crippen molar-refractivity contribution in [2.75, 3.05) is 0 Å². The number of rotatable bonds is 2. The van der Waals surface area contributed by atoms with Gasteiger partial charge in [0.1, 0.15) is 5.75 Å². The van der Waals surface area contributed by atoms with E-state index >= 15 is 0 Å². The number of carbonyl (C=O) groups is 1. The maximum absolute atomic E-state index is 10.4. The highest BCUT2D eigenvalue weighted by Gasteiger charge is 2.04. The molecule has 0 aliphatic rings. The van der Waals surface area contributed by atoms with Crippen LogP contribution >= 0.6 is 0 Å². The molecule has 0 bridgehead atoms. The lowest BCUT2D eigenvalue weighted by Gasteiger charge is -1.95. The Kier molecular flexibility index (Phi) is 8.45. The first-order valence-electron chi connectivity index (χ1n) is 3.56. The minimum absolute atomic E-state index is 0. The molecule has 0 spiro atoms. The molecule has 15 heavy (non-hydrogen) atoms. The Labute approximate surface area is 87.2 Å². The molecule has 1 rings (SSSR count). The van der Waals surface area contributed by atoms with E-state index in [-0.39, 0.29) is 17.7 Å². The van der Waals surface area contributed by atoms with E-state index in [0.29, 0.717) is 5.56 Å². The van der Waals surface area contributed by atoms with Crippen LogP contribution in [0.25, 0.3) is 0 Å². The van der Waals surface area contributed by atoms with E-state index in [9.17, 15) is 8.42 Å². The summed E-state index contributed by atoms with van der Waals surface area (Å²) in [7, 11) is -3.88. The summed E-state index contributed by atoms with van der Waals surface area (Å²) in [6, 6.07) is 8.52. The lowest BCUT2D eigenvalue weighted by Crippen LogP contribution is -2.00. The fourth-order valence-corrected chi connectivity index (χ4v) is 1.40. The van der Waals surface area contributed by atoms with Crippen molar-refractivity contribution in [2.45, 2.75) is 5.75 Å². The molecule has 0 unspecified atom stereocenters. The zero-order valence-electron chi connectivity index (χ0n) is 7.70. The second-order valence-corrected chi connectivity index (χ2v) is 3.77. The van der Waals surface area contributed by atoms with Gasteiger partial charge in [0.15, 0.2) is 0 Å². The van der Waals surface area contributed by atoms with E-state index in [4.69, 9.17) is 14.5 Å². The molecular formula is C8H12O6S. The number of hydrogen-bond donors (Lipinski definition) is 2. The third-order valence-electron chi connectivity index (χ3n) is 1.19. The zero-order chi connectivity index (χ0) is 11.0. The van der Waals surface area contributed by atoms with Crippen LogP contribution in [0.4, 0.5) is 0 Å². The lowest BCUT2D eigenvalue weighted by atomic mass is 10.2. The van der Waals surface area contributed by atoms with Gasteiger partial charge < -0.3 is 10.6 Å². The lowest BCUT2D eigenvalue weighted by molar-refractivity contribution is -0.122. The van der Waals surface area contributed by atoms with Gasteiger partial charge >= 0.3 is 0 Å². The van der Waals surface area contributed by atoms with Crippen LogP contribution in [0.15, 0.2) is 30.3 Å². The smallest absolute Gasteiger partial charge is 0.290 e. The summed E-state index contributed by atoms with van der Waals surface area (Å²) < 4.78 is 29.2. The summed E-state index contributed by atoms with van der Waals surface area (Å²) in [6.45, 7) is -0.250. The Morgan fingerprint density at radius 2 is 1.60 bits per heavy atom. The Hall–Kier alpha value is -1.44. The highest BCUT2D eigenvalue weighted by Crippen LogP contribution is 2.02. The molecular weight excluding hydrogens is 224 g/mol. The maximum Gasteiger partial charge on any atom is 0.290 e. The van der Waals surface area contributed by atoms with E-state index in [1.165, 1.54) is 0 Å². The Balaban J connectivity index is 0. The molecule has 0 radical (unpaired) electrons. The predicted octanol–water partition coefficient (Wildman–Crippen LogP) is -0.0495. The molecule has 7 heteroatoms. The highest BCUT2D eigenvalue weighted by atomic mass is 32.2. The van der Waals surface area contributed by atoms with Gasteiger partial charge in [0, 0.05) is 0 Å². The highest BCUT2D eigenvalue weighted by molar-refractivity contribution is 7.85. The van der Waals surface area contributed by atoms with Crippen molar-refractivity contribution in [2.24, 2.45) is 0 Å². The van der Waals surface area contributed by atoms with Gasteiger partial charge in [0.05, 0.1) is 0 Å². The minimum atomic E-state index is -3.88. The molecule has 0 amide bonds. The first kappa shape index (κ1) is 16.0. The Morgan fingerprint density at radius 3 is 1.93 bits per heavy atom. The average Bonchev–Trinajstić information content (AvgIpc) is 2.04. The van der Waals surface area contributed by atoms with Gasteiger partial charge in [-0.3, -0.25) is 9.35 Å². The quantitative estimate of drug-likeness (QED) is 0.550. The summed E-state index contributed by atoms with van der Waals surface area (Å²) in [5, 5.41) is 6.89. The number of carboxylic acid groups (broad SMARTS) is 1. The van der Waals surface area contributed by atoms with Crippen LogP contribution in [0.2, 0.25) is 0 Å². The van der Waals surface area contributed by atoms with Crippen LogP contribution in [0.5, 0.6) is 0 Å². The third-order valence-corrected chi connectivity index (χ3v) is 1.89. The van der Waals surface area contributed by atoms with Crippen molar-refractivity contribution < 1.29 is 28.3 Å². The summed E-state index contributed by atoms with van der Waals surface area (Å²) in [4.78, 5) is 8.36. The van der Waals surface area contributed by atoms with Crippen LogP contribution in [-0.2, 0) is 20.7 Å². The summed E-state index contributed by atoms with van der Waals surface area (Å²) in [5.74, 6) is -0.312. The van der Waals surface area contributed by atoms with Crippen molar-refractivity contribution in [3.8, 4) is 0 Å². The van der Waals surface area contributed by atoms with Crippen molar-refractivity contribution in [1.29, 1.82) is 0 Å². The molecule has 0 atom stereocenters. The molecule has 0 saturated heterocycles. The second kappa shape index (κ2) is 7.92. The topological polar surface area (TPSA) is 123 Å². The Bertz CT molecular complexity index is 358. The van der Waals surface area contributed by atoms with Gasteiger partial charge in [-0.05, 0) is 5.56 Å². The van der Waals surface area contributed by atoms with E-state index < -0.39 is 10.1 Å². The molecule has 0 fully saturated rings. The first-order chi connectivity index (χ1) is 6.49.